The molecule has 0 heteroatoms. The lowest BCUT2D eigenvalue weighted by Gasteiger charge is -1.98. The van der Waals surface area contributed by atoms with Crippen molar-refractivity contribution in [2.45, 2.75) is 102 Å². The van der Waals surface area contributed by atoms with Crippen LogP contribution in [-0.2, 0) is 0 Å². The molecule has 0 spiro atoms. The van der Waals surface area contributed by atoms with Crippen molar-refractivity contribution in [3.63, 3.8) is 0 Å². The second kappa shape index (κ2) is 23.8. The zero-order chi connectivity index (χ0) is 17.1. The summed E-state index contributed by atoms with van der Waals surface area (Å²) in [7, 11) is 0. The maximum absolute atomic E-state index is 2.28. The molecule has 0 bridgehead atoms. The Balaban J connectivity index is -0.0000000871. The van der Waals surface area contributed by atoms with E-state index in [4.69, 9.17) is 0 Å². The maximum atomic E-state index is 2.28. The Labute approximate surface area is 132 Å². The molecule has 0 nitrogen and oxygen atoms in total. The lowest BCUT2D eigenvalue weighted by Crippen LogP contribution is -1.85. The predicted octanol–water partition coefficient (Wildman–Crippen LogP) is 8.13. The minimum atomic E-state index is 0.833. The van der Waals surface area contributed by atoms with Crippen molar-refractivity contribution in [3.05, 3.63) is 11.6 Å². The lowest BCUT2D eigenvalue weighted by molar-refractivity contribution is 0.544. The number of hydrogen-bond donors (Lipinski definition) is 0. The van der Waals surface area contributed by atoms with Gasteiger partial charge >= 0.3 is 0 Å². The first kappa shape index (κ1) is 28.0. The Morgan fingerprint density at radius 3 is 1.00 bits per heavy atom. The standard InChI is InChI=1S/C6H14.C6H12.2C4H10/c2*1-4-6(3)5-2;2*1-4(2)3/h6H,4-5H2,1-3H3;4H,5H2,1-3H3;2*4H,1-3H3. The molecule has 0 saturated heterocycles. The van der Waals surface area contributed by atoms with Crippen LogP contribution in [-0.4, -0.2) is 0 Å². The third-order valence-corrected chi connectivity index (χ3v) is 2.44. The molecule has 0 heterocycles. The van der Waals surface area contributed by atoms with Gasteiger partial charge in [-0.15, -0.1) is 0 Å². The van der Waals surface area contributed by atoms with Gasteiger partial charge in [0, 0.05) is 0 Å². The van der Waals surface area contributed by atoms with Gasteiger partial charge in [0.25, 0.3) is 0 Å². The number of hydrogen-bond acceptors (Lipinski definition) is 0. The molecule has 0 aromatic carbocycles. The summed E-state index contributed by atoms with van der Waals surface area (Å²) in [6.07, 6.45) is 5.99. The molecule has 0 fully saturated rings. The molecule has 20 heavy (non-hydrogen) atoms. The van der Waals surface area contributed by atoms with Gasteiger partial charge in [-0.05, 0) is 38.0 Å². The summed E-state index contributed by atoms with van der Waals surface area (Å²) in [5, 5.41) is 0. The molecule has 0 aliphatic rings. The van der Waals surface area contributed by atoms with Crippen LogP contribution in [0.3, 0.4) is 0 Å². The third-order valence-electron chi connectivity index (χ3n) is 2.44. The number of allylic oxidation sites excluding steroid dienone is 2. The first-order chi connectivity index (χ1) is 9.08. The second-order valence-electron chi connectivity index (χ2n) is 6.87. The van der Waals surface area contributed by atoms with E-state index < -0.39 is 0 Å². The highest BCUT2D eigenvalue weighted by Crippen LogP contribution is 2.02. The SMILES string of the molecule is CC(C)C.CC(C)C.CC=C(C)CC.CCC(C)CC. The van der Waals surface area contributed by atoms with Crippen molar-refractivity contribution < 1.29 is 0 Å². The lowest BCUT2D eigenvalue weighted by atomic mass is 10.1. The fourth-order valence-electron chi connectivity index (χ4n) is 0.493. The molecule has 0 unspecified atom stereocenters. The molecule has 0 N–H and O–H groups in total. The van der Waals surface area contributed by atoms with Crippen molar-refractivity contribution in [2.24, 2.45) is 17.8 Å². The highest BCUT2D eigenvalue weighted by Gasteiger charge is 1.88. The first-order valence-corrected chi connectivity index (χ1v) is 8.70. The van der Waals surface area contributed by atoms with E-state index in [0.717, 1.165) is 17.8 Å². The summed E-state index contributed by atoms with van der Waals surface area (Å²) >= 11 is 0. The quantitative estimate of drug-likeness (QED) is 0.459. The van der Waals surface area contributed by atoms with Gasteiger partial charge in [-0.1, -0.05) is 93.7 Å². The third kappa shape index (κ3) is 83.0. The van der Waals surface area contributed by atoms with Crippen LogP contribution in [0.5, 0.6) is 0 Å². The van der Waals surface area contributed by atoms with E-state index in [1.807, 2.05) is 0 Å². The fraction of sp³-hybridized carbons (Fsp3) is 0.900. The van der Waals surface area contributed by atoms with Gasteiger partial charge in [0.1, 0.15) is 0 Å². The van der Waals surface area contributed by atoms with E-state index in [0.29, 0.717) is 0 Å². The molecule has 0 amide bonds. The van der Waals surface area contributed by atoms with E-state index in [1.165, 1.54) is 24.8 Å². The molecular weight excluding hydrogens is 240 g/mol. The highest BCUT2D eigenvalue weighted by atomic mass is 13.9. The van der Waals surface area contributed by atoms with E-state index in [-0.39, 0.29) is 0 Å². The van der Waals surface area contributed by atoms with E-state index in [2.05, 4.69) is 89.2 Å². The zero-order valence-electron chi connectivity index (χ0n) is 16.9. The Morgan fingerprint density at radius 1 is 0.750 bits per heavy atom. The van der Waals surface area contributed by atoms with Crippen molar-refractivity contribution in [3.8, 4) is 0 Å². The van der Waals surface area contributed by atoms with Crippen molar-refractivity contribution in [2.75, 3.05) is 0 Å². The second-order valence-corrected chi connectivity index (χ2v) is 6.87. The van der Waals surface area contributed by atoms with Gasteiger partial charge in [-0.25, -0.2) is 0 Å². The normalized spacial score (nSPS) is 10.2. The summed E-state index contributed by atoms with van der Waals surface area (Å²) in [6.45, 7) is 26.1. The molecule has 0 radical (unpaired) electrons. The van der Waals surface area contributed by atoms with E-state index >= 15 is 0 Å². The van der Waals surface area contributed by atoms with Crippen molar-refractivity contribution in [1.29, 1.82) is 0 Å². The fourth-order valence-corrected chi connectivity index (χ4v) is 0.493. The number of rotatable bonds is 3. The highest BCUT2D eigenvalue weighted by molar-refractivity contribution is 4.93. The molecule has 0 atom stereocenters. The molecule has 0 aliphatic heterocycles. The monoisotopic (exact) mass is 286 g/mol. The Bertz CT molecular complexity index is 147. The zero-order valence-corrected chi connectivity index (χ0v) is 16.9. The van der Waals surface area contributed by atoms with Crippen LogP contribution < -0.4 is 0 Å². The van der Waals surface area contributed by atoms with Gasteiger partial charge in [0.2, 0.25) is 0 Å². The van der Waals surface area contributed by atoms with E-state index in [9.17, 15) is 0 Å². The summed E-state index contributed by atoms with van der Waals surface area (Å²) < 4.78 is 0. The molecule has 0 aromatic heterocycles. The summed E-state index contributed by atoms with van der Waals surface area (Å²) in [4.78, 5) is 0. The molecule has 126 valence electrons. The smallest absolute Gasteiger partial charge is 0.0352 e. The van der Waals surface area contributed by atoms with Gasteiger partial charge in [-0.3, -0.25) is 0 Å². The average Bonchev–Trinajstić information content (AvgIpc) is 2.36. The maximum Gasteiger partial charge on any atom is -0.0352 e. The van der Waals surface area contributed by atoms with Gasteiger partial charge in [0.15, 0.2) is 0 Å². The first-order valence-electron chi connectivity index (χ1n) is 8.70. The Kier molecular flexibility index (Phi) is 33.3. The van der Waals surface area contributed by atoms with Crippen LogP contribution in [0.15, 0.2) is 11.6 Å². The molecule has 0 aliphatic carbocycles. The minimum absolute atomic E-state index is 0.833. The van der Waals surface area contributed by atoms with Crippen LogP contribution in [0.2, 0.25) is 0 Å². The predicted molar refractivity (Wildman–Crippen MR) is 100 cm³/mol. The Hall–Kier alpha value is -0.260. The molecule has 0 rings (SSSR count). The van der Waals surface area contributed by atoms with Crippen LogP contribution in [0.1, 0.15) is 102 Å². The van der Waals surface area contributed by atoms with Crippen LogP contribution in [0.4, 0.5) is 0 Å². The largest absolute Gasteiger partial charge is 0.0887 e. The summed E-state index contributed by atoms with van der Waals surface area (Å²) in [5.74, 6) is 2.60. The molecule has 0 aromatic rings. The minimum Gasteiger partial charge on any atom is -0.0887 e. The van der Waals surface area contributed by atoms with E-state index in [1.54, 1.807) is 0 Å². The van der Waals surface area contributed by atoms with Crippen LogP contribution in [0.25, 0.3) is 0 Å². The van der Waals surface area contributed by atoms with Gasteiger partial charge < -0.3 is 0 Å². The van der Waals surface area contributed by atoms with Gasteiger partial charge in [0.05, 0.1) is 0 Å². The average molecular weight is 287 g/mol. The molecule has 0 saturated carbocycles. The van der Waals surface area contributed by atoms with Crippen molar-refractivity contribution in [1.82, 2.24) is 0 Å². The van der Waals surface area contributed by atoms with Crippen LogP contribution >= 0.6 is 0 Å². The molecular formula is C20H46. The van der Waals surface area contributed by atoms with Crippen molar-refractivity contribution >= 4 is 0 Å². The van der Waals surface area contributed by atoms with Crippen LogP contribution in [0, 0.1) is 17.8 Å². The Morgan fingerprint density at radius 2 is 1.00 bits per heavy atom. The summed E-state index contributed by atoms with van der Waals surface area (Å²) in [5.41, 5.74) is 1.47. The summed E-state index contributed by atoms with van der Waals surface area (Å²) in [6, 6.07) is 0. The van der Waals surface area contributed by atoms with Gasteiger partial charge in [-0.2, -0.15) is 0 Å². The topological polar surface area (TPSA) is 0 Å².